The van der Waals surface area contributed by atoms with Crippen LogP contribution >= 0.6 is 11.6 Å². The molecule has 38 heavy (non-hydrogen) atoms. The molecule has 11 nitrogen and oxygen atoms in total. The van der Waals surface area contributed by atoms with Crippen LogP contribution in [0, 0.1) is 5.82 Å². The van der Waals surface area contributed by atoms with Gasteiger partial charge in [-0.25, -0.2) is 9.18 Å². The van der Waals surface area contributed by atoms with Crippen molar-refractivity contribution in [2.24, 2.45) is 0 Å². The number of hydrogen-bond acceptors (Lipinski definition) is 7. The molecule has 4 aromatic rings. The monoisotopic (exact) mass is 535 g/mol. The third-order valence-electron chi connectivity index (χ3n) is 5.30. The Labute approximate surface area is 220 Å². The summed E-state index contributed by atoms with van der Waals surface area (Å²) in [6, 6.07) is 10.8. The Morgan fingerprint density at radius 3 is 2.58 bits per heavy atom. The highest BCUT2D eigenvalue weighted by molar-refractivity contribution is 6.31. The number of nitrogens with one attached hydrogen (secondary N) is 2. The third kappa shape index (κ3) is 6.42. The maximum Gasteiger partial charge on any atom is 0.335 e. The van der Waals surface area contributed by atoms with Gasteiger partial charge in [-0.3, -0.25) is 14.6 Å². The molecule has 2 heterocycles. The summed E-state index contributed by atoms with van der Waals surface area (Å²) in [5.41, 5.74) is 1.29. The number of aromatic nitrogens is 5. The number of carbonyl (C=O) groups excluding carboxylic acids is 2. The van der Waals surface area contributed by atoms with Crippen molar-refractivity contribution in [3.63, 3.8) is 0 Å². The highest BCUT2D eigenvalue weighted by Gasteiger charge is 2.21. The largest absolute Gasteiger partial charge is 0.478 e. The fraction of sp³-hybridized carbons (Fsp3) is 0.0800. The number of halogens is 2. The molecule has 1 atom stereocenters. The Hall–Kier alpha value is -4.97. The molecule has 0 spiro atoms. The average molecular weight is 536 g/mol. The van der Waals surface area contributed by atoms with Gasteiger partial charge < -0.3 is 15.7 Å². The average Bonchev–Trinajstić information content (AvgIpc) is 3.45. The van der Waals surface area contributed by atoms with E-state index in [1.54, 1.807) is 24.5 Å². The Balaban J connectivity index is 1.54. The second-order valence-corrected chi connectivity index (χ2v) is 8.29. The maximum atomic E-state index is 14.8. The zero-order valence-corrected chi connectivity index (χ0v) is 20.2. The van der Waals surface area contributed by atoms with Gasteiger partial charge >= 0.3 is 5.97 Å². The number of rotatable bonds is 9. The molecule has 4 rings (SSSR count). The molecular formula is C25H19ClFN7O4. The zero-order valence-electron chi connectivity index (χ0n) is 19.5. The summed E-state index contributed by atoms with van der Waals surface area (Å²) >= 11 is 5.92. The number of hydrogen-bond donors (Lipinski definition) is 3. The van der Waals surface area contributed by atoms with Gasteiger partial charge in [0.2, 0.25) is 11.8 Å². The van der Waals surface area contributed by atoms with Crippen molar-refractivity contribution >= 4 is 41.1 Å². The SMILES string of the molecule is O=C(C=Cc1c(-n2cnnn2)ccc(Cl)c1F)N[C@@H](Cc1cccnc1)C(=O)Nc1ccc(C(=O)O)cc1. The van der Waals surface area contributed by atoms with Gasteiger partial charge in [-0.1, -0.05) is 17.7 Å². The second-order valence-electron chi connectivity index (χ2n) is 7.88. The van der Waals surface area contributed by atoms with Crippen molar-refractivity contribution in [1.29, 1.82) is 0 Å². The molecule has 0 radical (unpaired) electrons. The molecule has 0 saturated heterocycles. The third-order valence-corrected chi connectivity index (χ3v) is 5.59. The first-order valence-electron chi connectivity index (χ1n) is 11.0. The van der Waals surface area contributed by atoms with Crippen LogP contribution in [0.4, 0.5) is 10.1 Å². The molecule has 0 aliphatic heterocycles. The Kier molecular flexibility index (Phi) is 8.14. The summed E-state index contributed by atoms with van der Waals surface area (Å²) in [6.45, 7) is 0. The number of pyridine rings is 1. The van der Waals surface area contributed by atoms with Crippen LogP contribution in [0.25, 0.3) is 11.8 Å². The van der Waals surface area contributed by atoms with Crippen molar-refractivity contribution in [1.82, 2.24) is 30.5 Å². The number of carbonyl (C=O) groups is 3. The summed E-state index contributed by atoms with van der Waals surface area (Å²) in [7, 11) is 0. The van der Waals surface area contributed by atoms with Gasteiger partial charge in [0.15, 0.2) is 5.82 Å². The van der Waals surface area contributed by atoms with Gasteiger partial charge in [-0.05, 0) is 64.5 Å². The Morgan fingerprint density at radius 1 is 1.13 bits per heavy atom. The van der Waals surface area contributed by atoms with E-state index in [0.29, 0.717) is 11.3 Å². The molecule has 0 saturated carbocycles. The first kappa shape index (κ1) is 26.1. The molecule has 0 fully saturated rings. The normalized spacial score (nSPS) is 11.7. The fourth-order valence-corrected chi connectivity index (χ4v) is 3.62. The first-order valence-corrected chi connectivity index (χ1v) is 11.4. The van der Waals surface area contributed by atoms with E-state index in [1.807, 2.05) is 0 Å². The molecule has 0 bridgehead atoms. The number of nitrogens with zero attached hydrogens (tertiary/aromatic N) is 5. The van der Waals surface area contributed by atoms with E-state index in [9.17, 15) is 18.8 Å². The lowest BCUT2D eigenvalue weighted by atomic mass is 10.1. The number of aromatic carboxylic acids is 1. The van der Waals surface area contributed by atoms with Crippen LogP contribution < -0.4 is 10.6 Å². The van der Waals surface area contributed by atoms with Crippen molar-refractivity contribution < 1.29 is 23.9 Å². The fourth-order valence-electron chi connectivity index (χ4n) is 3.45. The van der Waals surface area contributed by atoms with Crippen LogP contribution in [0.3, 0.4) is 0 Å². The molecule has 192 valence electrons. The van der Waals surface area contributed by atoms with Crippen molar-refractivity contribution in [3.05, 3.63) is 101 Å². The lowest BCUT2D eigenvalue weighted by Crippen LogP contribution is -2.44. The number of benzene rings is 2. The second kappa shape index (κ2) is 11.8. The van der Waals surface area contributed by atoms with E-state index in [2.05, 4.69) is 31.1 Å². The number of carboxylic acids is 1. The first-order chi connectivity index (χ1) is 18.3. The maximum absolute atomic E-state index is 14.8. The smallest absolute Gasteiger partial charge is 0.335 e. The van der Waals surface area contributed by atoms with E-state index in [0.717, 1.165) is 6.08 Å². The summed E-state index contributed by atoms with van der Waals surface area (Å²) < 4.78 is 16.0. The van der Waals surface area contributed by atoms with Crippen LogP contribution in [0.1, 0.15) is 21.5 Å². The van der Waals surface area contributed by atoms with E-state index >= 15 is 0 Å². The molecule has 0 unspecified atom stereocenters. The molecule has 2 aromatic heterocycles. The molecule has 0 aliphatic rings. The molecular weight excluding hydrogens is 517 g/mol. The summed E-state index contributed by atoms with van der Waals surface area (Å²) in [5.74, 6) is -3.12. The van der Waals surface area contributed by atoms with Gasteiger partial charge in [0.05, 0.1) is 16.3 Å². The molecule has 13 heteroatoms. The van der Waals surface area contributed by atoms with E-state index < -0.39 is 29.6 Å². The molecule has 2 aromatic carbocycles. The predicted octanol–water partition coefficient (Wildman–Crippen LogP) is 2.93. The predicted molar refractivity (Wildman–Crippen MR) is 135 cm³/mol. The lowest BCUT2D eigenvalue weighted by molar-refractivity contribution is -0.123. The lowest BCUT2D eigenvalue weighted by Gasteiger charge is -2.18. The van der Waals surface area contributed by atoms with E-state index in [1.165, 1.54) is 53.5 Å². The minimum Gasteiger partial charge on any atom is -0.478 e. The van der Waals surface area contributed by atoms with Gasteiger partial charge in [0.25, 0.3) is 0 Å². The number of tetrazole rings is 1. The van der Waals surface area contributed by atoms with Gasteiger partial charge in [0, 0.05) is 36.1 Å². The Bertz CT molecular complexity index is 1480. The minimum absolute atomic E-state index is 0.0354. The summed E-state index contributed by atoms with van der Waals surface area (Å²) in [5, 5.41) is 25.0. The minimum atomic E-state index is -1.10. The van der Waals surface area contributed by atoms with Crippen LogP contribution in [0.15, 0.2) is 73.3 Å². The van der Waals surface area contributed by atoms with Crippen LogP contribution in [0.5, 0.6) is 0 Å². The highest BCUT2D eigenvalue weighted by atomic mass is 35.5. The van der Waals surface area contributed by atoms with Crippen LogP contribution in [0.2, 0.25) is 5.02 Å². The quantitative estimate of drug-likeness (QED) is 0.277. The molecule has 0 aliphatic carbocycles. The van der Waals surface area contributed by atoms with E-state index in [-0.39, 0.29) is 28.3 Å². The molecule has 2 amide bonds. The van der Waals surface area contributed by atoms with Crippen molar-refractivity contribution in [3.8, 4) is 5.69 Å². The number of amides is 2. The van der Waals surface area contributed by atoms with Gasteiger partial charge in [-0.2, -0.15) is 4.68 Å². The topological polar surface area (TPSA) is 152 Å². The van der Waals surface area contributed by atoms with Gasteiger partial charge in [0.1, 0.15) is 12.4 Å². The van der Waals surface area contributed by atoms with Crippen LogP contribution in [-0.2, 0) is 16.0 Å². The van der Waals surface area contributed by atoms with Gasteiger partial charge in [-0.15, -0.1) is 5.10 Å². The van der Waals surface area contributed by atoms with Crippen molar-refractivity contribution in [2.75, 3.05) is 5.32 Å². The Morgan fingerprint density at radius 2 is 1.92 bits per heavy atom. The zero-order chi connectivity index (χ0) is 27.1. The standard InChI is InChI=1S/C25H19ClFN7O4/c26-19-8-9-21(34-14-29-32-33-34)18(23(19)27)7-10-22(35)31-20(12-15-2-1-11-28-13-15)24(36)30-17-5-3-16(4-6-17)25(37)38/h1-11,13-14,20H,12H2,(H,30,36)(H,31,35)(H,37,38)/t20-/m0/s1. The highest BCUT2D eigenvalue weighted by Crippen LogP contribution is 2.25. The molecule has 3 N–H and O–H groups in total. The summed E-state index contributed by atoms with van der Waals surface area (Å²) in [6.07, 6.45) is 6.77. The number of anilines is 1. The number of carboxylic acid groups (broad SMARTS) is 1. The van der Waals surface area contributed by atoms with E-state index in [4.69, 9.17) is 16.7 Å². The summed E-state index contributed by atoms with van der Waals surface area (Å²) in [4.78, 5) is 41.0. The van der Waals surface area contributed by atoms with Crippen molar-refractivity contribution in [2.45, 2.75) is 12.5 Å². The van der Waals surface area contributed by atoms with Crippen LogP contribution in [-0.4, -0.2) is 54.1 Å².